The minimum atomic E-state index is 0. The highest BCUT2D eigenvalue weighted by Crippen LogP contribution is 2.35. The zero-order valence-electron chi connectivity index (χ0n) is 14.0. The number of aryl methyl sites for hydroxylation is 1. The van der Waals surface area contributed by atoms with E-state index in [-0.39, 0.29) is 12.4 Å². The normalized spacial score (nSPS) is 20.9. The van der Waals surface area contributed by atoms with Gasteiger partial charge in [-0.3, -0.25) is 4.68 Å². The standard InChI is InChI=1S/C17H22N6.ClH/c1-18-14-5-3-4-12(8-14)17-16-6-7-19-23(16)11-15(21-17)13-9-20-22(2)10-13;/h6-7,9-12,14,18H,3-5,8H2,1-2H3;1H. The Bertz CT molecular complexity index is 823. The third-order valence-electron chi connectivity index (χ3n) is 4.89. The molecule has 128 valence electrons. The minimum absolute atomic E-state index is 0. The van der Waals surface area contributed by atoms with Gasteiger partial charge in [-0.1, -0.05) is 6.42 Å². The molecule has 0 aliphatic heterocycles. The van der Waals surface area contributed by atoms with Gasteiger partial charge in [0, 0.05) is 30.8 Å². The van der Waals surface area contributed by atoms with Crippen molar-refractivity contribution in [3.05, 3.63) is 36.5 Å². The lowest BCUT2D eigenvalue weighted by Crippen LogP contribution is -2.31. The highest BCUT2D eigenvalue weighted by atomic mass is 35.5. The van der Waals surface area contributed by atoms with Crippen LogP contribution in [0, 0.1) is 0 Å². The number of rotatable bonds is 3. The van der Waals surface area contributed by atoms with E-state index in [2.05, 4.69) is 28.6 Å². The molecule has 2 unspecified atom stereocenters. The van der Waals surface area contributed by atoms with Gasteiger partial charge in [-0.25, -0.2) is 9.50 Å². The molecular weight excluding hydrogens is 324 g/mol. The van der Waals surface area contributed by atoms with Gasteiger partial charge in [-0.15, -0.1) is 12.4 Å². The van der Waals surface area contributed by atoms with E-state index in [4.69, 9.17) is 4.98 Å². The number of fused-ring (bicyclic) bond motifs is 1. The Morgan fingerprint density at radius 1 is 1.21 bits per heavy atom. The van der Waals surface area contributed by atoms with E-state index in [1.807, 2.05) is 41.0 Å². The fourth-order valence-electron chi connectivity index (χ4n) is 3.65. The van der Waals surface area contributed by atoms with E-state index < -0.39 is 0 Å². The van der Waals surface area contributed by atoms with Crippen molar-refractivity contribution in [3.63, 3.8) is 0 Å². The van der Waals surface area contributed by atoms with E-state index in [0.29, 0.717) is 12.0 Å². The summed E-state index contributed by atoms with van der Waals surface area (Å²) in [5.74, 6) is 0.483. The zero-order valence-corrected chi connectivity index (χ0v) is 14.8. The van der Waals surface area contributed by atoms with Crippen LogP contribution in [-0.2, 0) is 7.05 Å². The lowest BCUT2D eigenvalue weighted by atomic mass is 9.83. The maximum absolute atomic E-state index is 5.01. The van der Waals surface area contributed by atoms with E-state index in [9.17, 15) is 0 Å². The van der Waals surface area contributed by atoms with Crippen LogP contribution in [0.2, 0.25) is 0 Å². The van der Waals surface area contributed by atoms with E-state index in [0.717, 1.165) is 23.2 Å². The topological polar surface area (TPSA) is 60.0 Å². The predicted molar refractivity (Wildman–Crippen MR) is 96.5 cm³/mol. The Balaban J connectivity index is 0.00000169. The molecule has 1 fully saturated rings. The molecule has 2 atom stereocenters. The van der Waals surface area contributed by atoms with Gasteiger partial charge in [-0.05, 0) is 32.4 Å². The van der Waals surface area contributed by atoms with Crippen molar-refractivity contribution in [2.75, 3.05) is 7.05 Å². The molecule has 0 radical (unpaired) electrons. The lowest BCUT2D eigenvalue weighted by molar-refractivity contribution is 0.352. The summed E-state index contributed by atoms with van der Waals surface area (Å²) >= 11 is 0. The molecular formula is C17H23ClN6. The average Bonchev–Trinajstić information content (AvgIpc) is 3.22. The third kappa shape index (κ3) is 3.03. The quantitative estimate of drug-likeness (QED) is 0.792. The highest BCUT2D eigenvalue weighted by Gasteiger charge is 2.25. The van der Waals surface area contributed by atoms with E-state index in [1.54, 1.807) is 0 Å². The van der Waals surface area contributed by atoms with Crippen molar-refractivity contribution in [2.45, 2.75) is 37.6 Å². The Morgan fingerprint density at radius 3 is 2.83 bits per heavy atom. The summed E-state index contributed by atoms with van der Waals surface area (Å²) in [6.45, 7) is 0. The van der Waals surface area contributed by atoms with Crippen LogP contribution in [-0.4, -0.2) is 37.5 Å². The Hall–Kier alpha value is -1.92. The van der Waals surface area contributed by atoms with Crippen molar-refractivity contribution in [2.24, 2.45) is 7.05 Å². The summed E-state index contributed by atoms with van der Waals surface area (Å²) in [5.41, 5.74) is 4.27. The molecule has 1 aliphatic rings. The second-order valence-electron chi connectivity index (χ2n) is 6.42. The first-order chi connectivity index (χ1) is 11.2. The molecule has 1 aliphatic carbocycles. The maximum Gasteiger partial charge on any atom is 0.0921 e. The van der Waals surface area contributed by atoms with Gasteiger partial charge in [0.2, 0.25) is 0 Å². The number of halogens is 1. The summed E-state index contributed by atoms with van der Waals surface area (Å²) < 4.78 is 3.76. The average molecular weight is 347 g/mol. The maximum atomic E-state index is 5.01. The van der Waals surface area contributed by atoms with Gasteiger partial charge >= 0.3 is 0 Å². The van der Waals surface area contributed by atoms with Crippen molar-refractivity contribution in [1.82, 2.24) is 29.7 Å². The number of nitrogens with zero attached hydrogens (tertiary/aromatic N) is 5. The fraction of sp³-hybridized carbons (Fsp3) is 0.471. The molecule has 1 N–H and O–H groups in total. The molecule has 7 heteroatoms. The molecule has 0 amide bonds. The van der Waals surface area contributed by atoms with Crippen LogP contribution >= 0.6 is 12.4 Å². The third-order valence-corrected chi connectivity index (χ3v) is 4.89. The number of hydrogen-bond acceptors (Lipinski definition) is 4. The SMILES string of the molecule is CNC1CCCC(c2nc(-c3cnn(C)c3)cn3nccc23)C1.Cl. The molecule has 24 heavy (non-hydrogen) atoms. The van der Waals surface area contributed by atoms with Crippen molar-refractivity contribution in [1.29, 1.82) is 0 Å². The van der Waals surface area contributed by atoms with Crippen molar-refractivity contribution in [3.8, 4) is 11.3 Å². The first-order valence-corrected chi connectivity index (χ1v) is 8.25. The van der Waals surface area contributed by atoms with Crippen LogP contribution in [0.25, 0.3) is 16.8 Å². The largest absolute Gasteiger partial charge is 0.317 e. The smallest absolute Gasteiger partial charge is 0.0921 e. The number of hydrogen-bond donors (Lipinski definition) is 1. The summed E-state index contributed by atoms with van der Waals surface area (Å²) in [4.78, 5) is 5.01. The summed E-state index contributed by atoms with van der Waals surface area (Å²) in [6, 6.07) is 2.65. The van der Waals surface area contributed by atoms with Gasteiger partial charge in [0.25, 0.3) is 0 Å². The van der Waals surface area contributed by atoms with Gasteiger partial charge in [0.05, 0.1) is 35.5 Å². The fourth-order valence-corrected chi connectivity index (χ4v) is 3.65. The minimum Gasteiger partial charge on any atom is -0.317 e. The van der Waals surface area contributed by atoms with Crippen LogP contribution in [0.3, 0.4) is 0 Å². The van der Waals surface area contributed by atoms with Crippen LogP contribution in [0.4, 0.5) is 0 Å². The van der Waals surface area contributed by atoms with E-state index in [1.165, 1.54) is 25.0 Å². The van der Waals surface area contributed by atoms with Gasteiger partial charge < -0.3 is 5.32 Å². The molecule has 3 heterocycles. The number of nitrogens with one attached hydrogen (secondary N) is 1. The lowest BCUT2D eigenvalue weighted by Gasteiger charge is -2.29. The van der Waals surface area contributed by atoms with Gasteiger partial charge in [0.1, 0.15) is 0 Å². The Morgan fingerprint density at radius 2 is 2.08 bits per heavy atom. The summed E-state index contributed by atoms with van der Waals surface area (Å²) in [6.07, 6.45) is 12.5. The molecule has 0 spiro atoms. The van der Waals surface area contributed by atoms with Crippen LogP contribution in [0.1, 0.15) is 37.3 Å². The zero-order chi connectivity index (χ0) is 15.8. The molecule has 0 bridgehead atoms. The van der Waals surface area contributed by atoms with Crippen LogP contribution in [0.5, 0.6) is 0 Å². The molecule has 4 rings (SSSR count). The first-order valence-electron chi connectivity index (χ1n) is 8.25. The first kappa shape index (κ1) is 16.9. The van der Waals surface area contributed by atoms with E-state index >= 15 is 0 Å². The number of aromatic nitrogens is 5. The molecule has 6 nitrogen and oxygen atoms in total. The van der Waals surface area contributed by atoms with Gasteiger partial charge in [0.15, 0.2) is 0 Å². The Labute approximate surface area is 147 Å². The monoisotopic (exact) mass is 346 g/mol. The van der Waals surface area contributed by atoms with Crippen LogP contribution < -0.4 is 5.32 Å². The predicted octanol–water partition coefficient (Wildman–Crippen LogP) is 2.80. The van der Waals surface area contributed by atoms with Crippen molar-refractivity contribution >= 4 is 17.9 Å². The summed E-state index contributed by atoms with van der Waals surface area (Å²) in [7, 11) is 3.98. The molecule has 1 saturated carbocycles. The van der Waals surface area contributed by atoms with Gasteiger partial charge in [-0.2, -0.15) is 10.2 Å². The Kier molecular flexibility index (Phi) is 4.87. The van der Waals surface area contributed by atoms with Crippen LogP contribution in [0.15, 0.2) is 30.9 Å². The second-order valence-corrected chi connectivity index (χ2v) is 6.42. The molecule has 3 aromatic heterocycles. The molecule has 0 saturated heterocycles. The highest BCUT2D eigenvalue weighted by molar-refractivity contribution is 5.85. The molecule has 3 aromatic rings. The van der Waals surface area contributed by atoms with Crippen molar-refractivity contribution < 1.29 is 0 Å². The molecule has 0 aromatic carbocycles. The second kappa shape index (κ2) is 6.91. The summed E-state index contributed by atoms with van der Waals surface area (Å²) in [5, 5.41) is 12.1.